The summed E-state index contributed by atoms with van der Waals surface area (Å²) in [4.78, 5) is 2.29. The molecule has 2 rings (SSSR count). The Labute approximate surface area is 122 Å². The van der Waals surface area contributed by atoms with E-state index in [9.17, 15) is 0 Å². The standard InChI is InChI=1S/C17H25N3/c1-13(2)14(3)17(19(4)5)15-11-18-20(12-15)16-9-7-6-8-10-16/h6-14,17H,1-5H3/t14-,17-/m1/s1. The fraction of sp³-hybridized carbons (Fsp3) is 0.471. The van der Waals surface area contributed by atoms with Crippen molar-refractivity contribution in [2.24, 2.45) is 11.8 Å². The summed E-state index contributed by atoms with van der Waals surface area (Å²) in [5.74, 6) is 1.22. The van der Waals surface area contributed by atoms with Crippen molar-refractivity contribution in [1.82, 2.24) is 14.7 Å². The van der Waals surface area contributed by atoms with Crippen LogP contribution in [-0.4, -0.2) is 28.8 Å². The Morgan fingerprint density at radius 2 is 1.70 bits per heavy atom. The maximum atomic E-state index is 4.52. The average Bonchev–Trinajstić information content (AvgIpc) is 2.88. The molecule has 0 fully saturated rings. The van der Waals surface area contributed by atoms with Gasteiger partial charge in [-0.05, 0) is 38.1 Å². The topological polar surface area (TPSA) is 21.1 Å². The molecule has 0 aliphatic rings. The molecule has 3 heteroatoms. The molecule has 0 saturated carbocycles. The van der Waals surface area contributed by atoms with Crippen LogP contribution in [0.2, 0.25) is 0 Å². The minimum absolute atomic E-state index is 0.396. The predicted molar refractivity (Wildman–Crippen MR) is 84.0 cm³/mol. The molecule has 20 heavy (non-hydrogen) atoms. The molecule has 0 aliphatic carbocycles. The Morgan fingerprint density at radius 3 is 2.25 bits per heavy atom. The third-order valence-corrected chi connectivity index (χ3v) is 4.07. The van der Waals surface area contributed by atoms with Crippen LogP contribution in [0.15, 0.2) is 42.7 Å². The number of rotatable bonds is 5. The molecule has 0 amide bonds. The highest BCUT2D eigenvalue weighted by atomic mass is 15.3. The molecule has 3 nitrogen and oxygen atoms in total. The SMILES string of the molecule is CC(C)[C@@H](C)[C@H](c1cnn(-c2ccccc2)c1)N(C)C. The quantitative estimate of drug-likeness (QED) is 0.825. The monoisotopic (exact) mass is 271 g/mol. The zero-order valence-corrected chi connectivity index (χ0v) is 13.1. The molecule has 1 heterocycles. The van der Waals surface area contributed by atoms with E-state index in [2.05, 4.69) is 63.2 Å². The van der Waals surface area contributed by atoms with Gasteiger partial charge in [0.05, 0.1) is 11.9 Å². The first-order valence-corrected chi connectivity index (χ1v) is 7.27. The van der Waals surface area contributed by atoms with Gasteiger partial charge in [-0.1, -0.05) is 39.0 Å². The van der Waals surface area contributed by atoms with E-state index in [1.807, 2.05) is 29.1 Å². The molecule has 0 N–H and O–H groups in total. The summed E-state index contributed by atoms with van der Waals surface area (Å²) in [6.45, 7) is 6.88. The van der Waals surface area contributed by atoms with Gasteiger partial charge in [0.25, 0.3) is 0 Å². The Bertz CT molecular complexity index is 528. The average molecular weight is 271 g/mol. The molecule has 2 aromatic rings. The van der Waals surface area contributed by atoms with Crippen LogP contribution >= 0.6 is 0 Å². The molecular weight excluding hydrogens is 246 g/mol. The molecule has 0 spiro atoms. The van der Waals surface area contributed by atoms with E-state index >= 15 is 0 Å². The van der Waals surface area contributed by atoms with Gasteiger partial charge in [-0.25, -0.2) is 4.68 Å². The summed E-state index contributed by atoms with van der Waals surface area (Å²) in [5.41, 5.74) is 2.38. The van der Waals surface area contributed by atoms with Crippen molar-refractivity contribution in [3.63, 3.8) is 0 Å². The molecule has 0 radical (unpaired) electrons. The molecule has 0 unspecified atom stereocenters. The Hall–Kier alpha value is -1.61. The van der Waals surface area contributed by atoms with Crippen molar-refractivity contribution >= 4 is 0 Å². The van der Waals surface area contributed by atoms with Crippen molar-refractivity contribution in [2.75, 3.05) is 14.1 Å². The summed E-state index contributed by atoms with van der Waals surface area (Å²) >= 11 is 0. The number of benzene rings is 1. The molecule has 0 aliphatic heterocycles. The summed E-state index contributed by atoms with van der Waals surface area (Å²) in [7, 11) is 4.28. The third kappa shape index (κ3) is 3.10. The van der Waals surface area contributed by atoms with Crippen LogP contribution in [0.4, 0.5) is 0 Å². The first-order valence-electron chi connectivity index (χ1n) is 7.27. The van der Waals surface area contributed by atoms with E-state index in [0.717, 1.165) is 5.69 Å². The minimum Gasteiger partial charge on any atom is -0.302 e. The van der Waals surface area contributed by atoms with Crippen molar-refractivity contribution in [3.05, 3.63) is 48.3 Å². The molecule has 0 bridgehead atoms. The first kappa shape index (κ1) is 14.8. The molecule has 1 aromatic heterocycles. The van der Waals surface area contributed by atoms with E-state index in [0.29, 0.717) is 17.9 Å². The van der Waals surface area contributed by atoms with Crippen LogP contribution in [0.1, 0.15) is 32.4 Å². The second-order valence-corrected chi connectivity index (χ2v) is 6.07. The second-order valence-electron chi connectivity index (χ2n) is 6.07. The van der Waals surface area contributed by atoms with Crippen LogP contribution in [0, 0.1) is 11.8 Å². The molecular formula is C17H25N3. The summed E-state index contributed by atoms with van der Waals surface area (Å²) in [5, 5.41) is 4.52. The lowest BCUT2D eigenvalue weighted by Crippen LogP contribution is -2.28. The maximum absolute atomic E-state index is 4.52. The number of nitrogens with zero attached hydrogens (tertiary/aromatic N) is 3. The fourth-order valence-corrected chi connectivity index (χ4v) is 2.65. The minimum atomic E-state index is 0.396. The summed E-state index contributed by atoms with van der Waals surface area (Å²) in [6.07, 6.45) is 4.15. The lowest BCUT2D eigenvalue weighted by atomic mass is 9.86. The number of para-hydroxylation sites is 1. The smallest absolute Gasteiger partial charge is 0.0645 e. The van der Waals surface area contributed by atoms with Gasteiger partial charge in [0.2, 0.25) is 0 Å². The maximum Gasteiger partial charge on any atom is 0.0645 e. The van der Waals surface area contributed by atoms with Crippen LogP contribution in [-0.2, 0) is 0 Å². The van der Waals surface area contributed by atoms with Crippen LogP contribution in [0.5, 0.6) is 0 Å². The largest absolute Gasteiger partial charge is 0.302 e. The van der Waals surface area contributed by atoms with Gasteiger partial charge >= 0.3 is 0 Å². The van der Waals surface area contributed by atoms with Gasteiger partial charge in [-0.2, -0.15) is 5.10 Å². The first-order chi connectivity index (χ1) is 9.50. The van der Waals surface area contributed by atoms with Gasteiger partial charge in [-0.15, -0.1) is 0 Å². The second kappa shape index (κ2) is 6.23. The van der Waals surface area contributed by atoms with Gasteiger partial charge in [0.1, 0.15) is 0 Å². The normalized spacial score (nSPS) is 14.8. The number of aromatic nitrogens is 2. The Balaban J connectivity index is 2.30. The van der Waals surface area contributed by atoms with E-state index in [-0.39, 0.29) is 0 Å². The molecule has 2 atom stereocenters. The lowest BCUT2D eigenvalue weighted by Gasteiger charge is -2.31. The van der Waals surface area contributed by atoms with Crippen LogP contribution in [0.25, 0.3) is 5.69 Å². The van der Waals surface area contributed by atoms with Crippen LogP contribution in [0.3, 0.4) is 0 Å². The number of hydrogen-bond acceptors (Lipinski definition) is 2. The van der Waals surface area contributed by atoms with Crippen molar-refractivity contribution in [3.8, 4) is 5.69 Å². The van der Waals surface area contributed by atoms with E-state index in [1.54, 1.807) is 0 Å². The molecule has 1 aromatic carbocycles. The van der Waals surface area contributed by atoms with Crippen molar-refractivity contribution < 1.29 is 0 Å². The molecule has 0 saturated heterocycles. The van der Waals surface area contributed by atoms with Gasteiger partial charge < -0.3 is 4.90 Å². The van der Waals surface area contributed by atoms with Crippen molar-refractivity contribution in [2.45, 2.75) is 26.8 Å². The molecule has 108 valence electrons. The van der Waals surface area contributed by atoms with E-state index in [4.69, 9.17) is 0 Å². The van der Waals surface area contributed by atoms with Gasteiger partial charge in [-0.3, -0.25) is 0 Å². The zero-order chi connectivity index (χ0) is 14.7. The number of hydrogen-bond donors (Lipinski definition) is 0. The van der Waals surface area contributed by atoms with Crippen LogP contribution < -0.4 is 0 Å². The lowest BCUT2D eigenvalue weighted by molar-refractivity contribution is 0.184. The fourth-order valence-electron chi connectivity index (χ4n) is 2.65. The van der Waals surface area contributed by atoms with Gasteiger partial charge in [0, 0.05) is 17.8 Å². The van der Waals surface area contributed by atoms with E-state index < -0.39 is 0 Å². The predicted octanol–water partition coefficient (Wildman–Crippen LogP) is 3.77. The van der Waals surface area contributed by atoms with Gasteiger partial charge in [0.15, 0.2) is 0 Å². The summed E-state index contributed by atoms with van der Waals surface area (Å²) < 4.78 is 1.96. The highest BCUT2D eigenvalue weighted by Gasteiger charge is 2.25. The van der Waals surface area contributed by atoms with E-state index in [1.165, 1.54) is 5.56 Å². The summed E-state index contributed by atoms with van der Waals surface area (Å²) in [6, 6.07) is 10.7. The Morgan fingerprint density at radius 1 is 1.05 bits per heavy atom. The highest BCUT2D eigenvalue weighted by Crippen LogP contribution is 2.31. The zero-order valence-electron chi connectivity index (χ0n) is 13.1. The highest BCUT2D eigenvalue weighted by molar-refractivity contribution is 5.31. The van der Waals surface area contributed by atoms with Crippen molar-refractivity contribution in [1.29, 1.82) is 0 Å². The Kier molecular flexibility index (Phi) is 4.61. The third-order valence-electron chi connectivity index (χ3n) is 4.07.